The lowest BCUT2D eigenvalue weighted by Gasteiger charge is -2.08. The lowest BCUT2D eigenvalue weighted by molar-refractivity contribution is -0.118. The molecule has 0 unspecified atom stereocenters. The molecule has 0 bridgehead atoms. The number of carbonyl (C=O) groups is 3. The number of hydrogen-bond acceptors (Lipinski definition) is 6. The molecule has 0 saturated heterocycles. The summed E-state index contributed by atoms with van der Waals surface area (Å²) in [4.78, 5) is 37.1. The highest BCUT2D eigenvalue weighted by Gasteiger charge is 2.14. The molecule has 6 nitrogen and oxygen atoms in total. The minimum atomic E-state index is -0.582. The Morgan fingerprint density at radius 1 is 0.968 bits per heavy atom. The van der Waals surface area contributed by atoms with E-state index in [9.17, 15) is 14.4 Å². The maximum atomic E-state index is 12.4. The Morgan fingerprint density at radius 3 is 2.55 bits per heavy atom. The van der Waals surface area contributed by atoms with E-state index in [1.807, 2.05) is 36.4 Å². The van der Waals surface area contributed by atoms with Crippen molar-refractivity contribution in [3.63, 3.8) is 0 Å². The summed E-state index contributed by atoms with van der Waals surface area (Å²) < 4.78 is 10.9. The summed E-state index contributed by atoms with van der Waals surface area (Å²) in [5.41, 5.74) is 1.34. The number of amides is 1. The summed E-state index contributed by atoms with van der Waals surface area (Å²) in [5, 5.41) is 2.72. The Morgan fingerprint density at radius 2 is 1.77 bits per heavy atom. The first kappa shape index (κ1) is 22.2. The zero-order chi connectivity index (χ0) is 22.1. The lowest BCUT2D eigenvalue weighted by atomic mass is 10.2. The zero-order valence-electron chi connectivity index (χ0n) is 17.1. The third-order valence-corrected chi connectivity index (χ3v) is 5.52. The van der Waals surface area contributed by atoms with E-state index in [0.717, 1.165) is 10.4 Å². The van der Waals surface area contributed by atoms with Gasteiger partial charge in [-0.15, -0.1) is 11.3 Å². The van der Waals surface area contributed by atoms with E-state index in [0.29, 0.717) is 35.8 Å². The van der Waals surface area contributed by atoms with Crippen LogP contribution in [0.1, 0.15) is 37.4 Å². The Hall–Kier alpha value is -3.45. The van der Waals surface area contributed by atoms with Gasteiger partial charge in [0, 0.05) is 18.3 Å². The Balaban J connectivity index is 1.49. The summed E-state index contributed by atoms with van der Waals surface area (Å²) in [6.45, 7) is 2.03. The molecule has 31 heavy (non-hydrogen) atoms. The van der Waals surface area contributed by atoms with E-state index in [2.05, 4.69) is 5.32 Å². The van der Waals surface area contributed by atoms with Gasteiger partial charge in [0.25, 0.3) is 0 Å². The van der Waals surface area contributed by atoms with Crippen LogP contribution in [0.5, 0.6) is 5.75 Å². The van der Waals surface area contributed by atoms with E-state index in [1.54, 1.807) is 30.3 Å². The molecule has 1 amide bonds. The summed E-state index contributed by atoms with van der Waals surface area (Å²) in [7, 11) is 0. The molecule has 1 N–H and O–H groups in total. The van der Waals surface area contributed by atoms with E-state index in [-0.39, 0.29) is 18.3 Å². The molecule has 3 aromatic rings. The molecule has 0 aliphatic rings. The van der Waals surface area contributed by atoms with E-state index >= 15 is 0 Å². The molecule has 0 aliphatic heterocycles. The van der Waals surface area contributed by atoms with Crippen molar-refractivity contribution in [1.29, 1.82) is 0 Å². The van der Waals surface area contributed by atoms with Gasteiger partial charge in [0.1, 0.15) is 12.4 Å². The highest BCUT2D eigenvalue weighted by molar-refractivity contribution is 7.14. The topological polar surface area (TPSA) is 81.7 Å². The van der Waals surface area contributed by atoms with Crippen LogP contribution in [0.2, 0.25) is 0 Å². The molecular formula is C24H23NO5S. The number of Topliss-reactive ketones (excluding diaryl/α,β-unsaturated/α-hetero) is 1. The van der Waals surface area contributed by atoms with Crippen LogP contribution in [0, 0.1) is 0 Å². The van der Waals surface area contributed by atoms with Crippen LogP contribution in [0.4, 0.5) is 0 Å². The van der Waals surface area contributed by atoms with Crippen LogP contribution in [-0.4, -0.2) is 30.8 Å². The third kappa shape index (κ3) is 7.08. The van der Waals surface area contributed by atoms with E-state index in [1.165, 1.54) is 18.3 Å². The Bertz CT molecular complexity index is 1040. The molecule has 0 spiro atoms. The molecule has 0 aliphatic carbocycles. The van der Waals surface area contributed by atoms with Crippen molar-refractivity contribution in [3.05, 3.63) is 87.6 Å². The van der Waals surface area contributed by atoms with Crippen molar-refractivity contribution in [2.75, 3.05) is 13.2 Å². The molecule has 0 radical (unpaired) electrons. The molecule has 0 fully saturated rings. The average molecular weight is 438 g/mol. The molecule has 160 valence electrons. The normalized spacial score (nSPS) is 10.4. The van der Waals surface area contributed by atoms with Gasteiger partial charge in [0.2, 0.25) is 11.7 Å². The Labute approximate surface area is 184 Å². The van der Waals surface area contributed by atoms with Gasteiger partial charge in [-0.2, -0.15) is 0 Å². The molecule has 1 aromatic heterocycles. The predicted molar refractivity (Wildman–Crippen MR) is 119 cm³/mol. The van der Waals surface area contributed by atoms with Gasteiger partial charge in [-0.1, -0.05) is 36.4 Å². The van der Waals surface area contributed by atoms with Gasteiger partial charge in [0.05, 0.1) is 10.4 Å². The van der Waals surface area contributed by atoms with Crippen molar-refractivity contribution < 1.29 is 23.9 Å². The minimum absolute atomic E-state index is 0.0886. The smallest absolute Gasteiger partial charge is 0.338 e. The molecular weight excluding hydrogens is 414 g/mol. The average Bonchev–Trinajstić information content (AvgIpc) is 3.25. The lowest BCUT2D eigenvalue weighted by Crippen LogP contribution is -2.22. The van der Waals surface area contributed by atoms with Crippen LogP contribution in [0.3, 0.4) is 0 Å². The van der Waals surface area contributed by atoms with Gasteiger partial charge in [-0.3, -0.25) is 9.59 Å². The van der Waals surface area contributed by atoms with Crippen molar-refractivity contribution in [2.45, 2.75) is 20.0 Å². The number of benzene rings is 2. The van der Waals surface area contributed by atoms with Crippen LogP contribution < -0.4 is 10.1 Å². The Kier molecular flexibility index (Phi) is 7.95. The number of ether oxygens (including phenoxy) is 2. The minimum Gasteiger partial charge on any atom is -0.489 e. The summed E-state index contributed by atoms with van der Waals surface area (Å²) >= 11 is 1.33. The van der Waals surface area contributed by atoms with Gasteiger partial charge in [0.15, 0.2) is 6.61 Å². The number of rotatable bonds is 10. The molecule has 0 atom stereocenters. The van der Waals surface area contributed by atoms with Crippen LogP contribution in [0.15, 0.2) is 66.7 Å². The highest BCUT2D eigenvalue weighted by atomic mass is 32.1. The van der Waals surface area contributed by atoms with Crippen molar-refractivity contribution in [1.82, 2.24) is 5.32 Å². The zero-order valence-corrected chi connectivity index (χ0v) is 17.9. The number of ketones is 1. The number of nitrogens with one attached hydrogen (secondary N) is 1. The molecule has 1 heterocycles. The third-order valence-electron chi connectivity index (χ3n) is 4.33. The fourth-order valence-electron chi connectivity index (χ4n) is 2.76. The van der Waals surface area contributed by atoms with E-state index in [4.69, 9.17) is 9.47 Å². The van der Waals surface area contributed by atoms with Crippen LogP contribution in [-0.2, 0) is 22.6 Å². The van der Waals surface area contributed by atoms with Gasteiger partial charge >= 0.3 is 5.97 Å². The second-order valence-electron chi connectivity index (χ2n) is 6.80. The summed E-state index contributed by atoms with van der Waals surface area (Å²) in [5.74, 6) is -0.387. The first-order valence-corrected chi connectivity index (χ1v) is 10.6. The summed E-state index contributed by atoms with van der Waals surface area (Å²) in [6, 6.07) is 20.0. The fourth-order valence-corrected chi connectivity index (χ4v) is 3.69. The molecule has 7 heteroatoms. The second kappa shape index (κ2) is 11.1. The number of esters is 1. The maximum absolute atomic E-state index is 12.4. The number of carbonyl (C=O) groups excluding carboxylic acids is 3. The first-order valence-electron chi connectivity index (χ1n) is 9.81. The van der Waals surface area contributed by atoms with Crippen molar-refractivity contribution in [3.8, 4) is 5.75 Å². The first-order chi connectivity index (χ1) is 15.0. The van der Waals surface area contributed by atoms with Gasteiger partial charge in [-0.25, -0.2) is 4.79 Å². The predicted octanol–water partition coefficient (Wildman–Crippen LogP) is 4.05. The monoisotopic (exact) mass is 437 g/mol. The van der Waals surface area contributed by atoms with Gasteiger partial charge < -0.3 is 14.8 Å². The summed E-state index contributed by atoms with van der Waals surface area (Å²) in [6.07, 6.45) is 0.646. The fraction of sp³-hybridized carbons (Fsp3) is 0.208. The largest absolute Gasteiger partial charge is 0.489 e. The number of hydrogen-bond donors (Lipinski definition) is 1. The molecule has 2 aromatic carbocycles. The van der Waals surface area contributed by atoms with Gasteiger partial charge in [-0.05, 0) is 42.3 Å². The van der Waals surface area contributed by atoms with Crippen molar-refractivity contribution >= 4 is 29.0 Å². The number of thiophene rings is 1. The standard InChI is InChI=1S/C24H23NO5S/c1-17(26)25-13-12-21-10-11-23(31-21)22(27)16-30-24(28)19-8-5-9-20(14-19)29-15-18-6-3-2-4-7-18/h2-11,14H,12-13,15-16H2,1H3,(H,25,26). The quantitative estimate of drug-likeness (QED) is 0.382. The molecule has 0 saturated carbocycles. The highest BCUT2D eigenvalue weighted by Crippen LogP contribution is 2.19. The SMILES string of the molecule is CC(=O)NCCc1ccc(C(=O)COC(=O)c2cccc(OCc3ccccc3)c2)s1. The molecule has 3 rings (SSSR count). The second-order valence-corrected chi connectivity index (χ2v) is 7.97. The van der Waals surface area contributed by atoms with E-state index < -0.39 is 5.97 Å². The van der Waals surface area contributed by atoms with Crippen LogP contribution >= 0.6 is 11.3 Å². The maximum Gasteiger partial charge on any atom is 0.338 e. The van der Waals surface area contributed by atoms with Crippen molar-refractivity contribution in [2.24, 2.45) is 0 Å². The van der Waals surface area contributed by atoms with Crippen LogP contribution in [0.25, 0.3) is 0 Å².